The van der Waals surface area contributed by atoms with Gasteiger partial charge in [-0.1, -0.05) is 30.3 Å². The molecule has 1 fully saturated rings. The fourth-order valence-corrected chi connectivity index (χ4v) is 4.33. The maximum Gasteiger partial charge on any atom is 0.295 e. The number of anilines is 1. The lowest BCUT2D eigenvalue weighted by molar-refractivity contribution is -0.127. The maximum atomic E-state index is 12.9. The minimum atomic E-state index is -3.51. The second kappa shape index (κ2) is 8.46. The van der Waals surface area contributed by atoms with Crippen molar-refractivity contribution in [2.24, 2.45) is 0 Å². The average Bonchev–Trinajstić information content (AvgIpc) is 3.22. The van der Waals surface area contributed by atoms with Gasteiger partial charge in [-0.05, 0) is 18.2 Å². The zero-order chi connectivity index (χ0) is 22.9. The van der Waals surface area contributed by atoms with Crippen LogP contribution in [0.4, 0.5) is 5.69 Å². The van der Waals surface area contributed by atoms with Crippen molar-refractivity contribution in [2.45, 2.75) is 0 Å². The number of nitrogens with one attached hydrogen (secondary N) is 2. The summed E-state index contributed by atoms with van der Waals surface area (Å²) in [6.07, 6.45) is 2.44. The first-order valence-corrected chi connectivity index (χ1v) is 11.9. The van der Waals surface area contributed by atoms with E-state index in [4.69, 9.17) is 0 Å². The third kappa shape index (κ3) is 4.35. The van der Waals surface area contributed by atoms with Gasteiger partial charge in [-0.15, -0.1) is 0 Å². The number of hydrogen-bond donors (Lipinski definition) is 2. The molecule has 9 nitrogen and oxygen atoms in total. The molecule has 0 unspecified atom stereocenters. The van der Waals surface area contributed by atoms with Gasteiger partial charge in [0, 0.05) is 43.3 Å². The molecule has 0 radical (unpaired) electrons. The van der Waals surface area contributed by atoms with Gasteiger partial charge in [0.25, 0.3) is 17.6 Å². The summed E-state index contributed by atoms with van der Waals surface area (Å²) in [6, 6.07) is 13.7. The Morgan fingerprint density at radius 2 is 1.56 bits per heavy atom. The van der Waals surface area contributed by atoms with E-state index < -0.39 is 21.7 Å². The molecule has 4 rings (SSSR count). The number of H-pyrrole nitrogens is 1. The number of amides is 2. The quantitative estimate of drug-likeness (QED) is 0.449. The summed E-state index contributed by atoms with van der Waals surface area (Å²) in [5.41, 5.74) is 1.47. The Morgan fingerprint density at radius 1 is 0.906 bits per heavy atom. The predicted octanol–water partition coefficient (Wildman–Crippen LogP) is 1.71. The zero-order valence-corrected chi connectivity index (χ0v) is 18.2. The molecule has 166 valence electrons. The number of Topliss-reactive ketones (excluding diaryl/α,β-unsaturated/α-hetero) is 1. The van der Waals surface area contributed by atoms with Crippen molar-refractivity contribution in [2.75, 3.05) is 37.2 Å². The van der Waals surface area contributed by atoms with Gasteiger partial charge in [-0.3, -0.25) is 19.1 Å². The molecular formula is C22H22N4O5S. The first-order chi connectivity index (χ1) is 15.2. The molecule has 0 bridgehead atoms. The van der Waals surface area contributed by atoms with Crippen LogP contribution in [0.3, 0.4) is 0 Å². The lowest BCUT2D eigenvalue weighted by Gasteiger charge is -2.34. The van der Waals surface area contributed by atoms with Crippen LogP contribution in [0.2, 0.25) is 0 Å². The molecule has 1 aromatic heterocycles. The highest BCUT2D eigenvalue weighted by Crippen LogP contribution is 2.27. The SMILES string of the molecule is CS(=O)(=O)Nc1cccc2c(C(=O)C(=O)N3CCN(C(=O)c4ccccc4)CC3)c[nH]c12. The van der Waals surface area contributed by atoms with Gasteiger partial charge in [-0.2, -0.15) is 0 Å². The molecule has 2 amide bonds. The normalized spacial score (nSPS) is 14.4. The number of sulfonamides is 1. The van der Waals surface area contributed by atoms with Gasteiger partial charge in [0.1, 0.15) is 0 Å². The van der Waals surface area contributed by atoms with E-state index in [0.29, 0.717) is 35.2 Å². The molecule has 1 saturated heterocycles. The van der Waals surface area contributed by atoms with Crippen LogP contribution in [0.25, 0.3) is 10.9 Å². The van der Waals surface area contributed by atoms with Gasteiger partial charge in [-0.25, -0.2) is 8.42 Å². The van der Waals surface area contributed by atoms with Crippen molar-refractivity contribution in [3.8, 4) is 0 Å². The number of carbonyl (C=O) groups is 3. The van der Waals surface area contributed by atoms with E-state index in [0.717, 1.165) is 6.26 Å². The minimum Gasteiger partial charge on any atom is -0.359 e. The zero-order valence-electron chi connectivity index (χ0n) is 17.4. The van der Waals surface area contributed by atoms with E-state index in [-0.39, 0.29) is 24.6 Å². The van der Waals surface area contributed by atoms with Crippen LogP contribution >= 0.6 is 0 Å². The van der Waals surface area contributed by atoms with Gasteiger partial charge in [0.2, 0.25) is 10.0 Å². The third-order valence-electron chi connectivity index (χ3n) is 5.32. The molecule has 2 aromatic carbocycles. The monoisotopic (exact) mass is 454 g/mol. The number of rotatable bonds is 5. The molecular weight excluding hydrogens is 432 g/mol. The summed E-state index contributed by atoms with van der Waals surface area (Å²) in [5.74, 6) is -1.44. The number of aromatic nitrogens is 1. The third-order valence-corrected chi connectivity index (χ3v) is 5.92. The molecule has 2 heterocycles. The lowest BCUT2D eigenvalue weighted by atomic mass is 10.1. The largest absolute Gasteiger partial charge is 0.359 e. The molecule has 1 aliphatic heterocycles. The number of para-hydroxylation sites is 1. The second-order valence-electron chi connectivity index (χ2n) is 7.58. The number of carbonyl (C=O) groups excluding carboxylic acids is 3. The van der Waals surface area contributed by atoms with Gasteiger partial charge in [0.15, 0.2) is 0 Å². The van der Waals surface area contributed by atoms with Gasteiger partial charge < -0.3 is 14.8 Å². The Morgan fingerprint density at radius 3 is 2.22 bits per heavy atom. The molecule has 0 aliphatic carbocycles. The minimum absolute atomic E-state index is 0.105. The summed E-state index contributed by atoms with van der Waals surface area (Å²) < 4.78 is 25.6. The van der Waals surface area contributed by atoms with Crippen LogP contribution in [0.15, 0.2) is 54.7 Å². The smallest absolute Gasteiger partial charge is 0.295 e. The Hall–Kier alpha value is -3.66. The predicted molar refractivity (Wildman–Crippen MR) is 120 cm³/mol. The van der Waals surface area contributed by atoms with E-state index in [2.05, 4.69) is 9.71 Å². The van der Waals surface area contributed by atoms with Crippen molar-refractivity contribution in [3.05, 3.63) is 65.9 Å². The summed E-state index contributed by atoms with van der Waals surface area (Å²) in [5, 5.41) is 0.454. The van der Waals surface area contributed by atoms with Crippen LogP contribution in [-0.4, -0.2) is 73.2 Å². The van der Waals surface area contributed by atoms with Crippen molar-refractivity contribution in [1.82, 2.24) is 14.8 Å². The number of ketones is 1. The number of aromatic amines is 1. The summed E-state index contributed by atoms with van der Waals surface area (Å²) in [7, 11) is -3.51. The summed E-state index contributed by atoms with van der Waals surface area (Å²) >= 11 is 0. The molecule has 1 aliphatic rings. The van der Waals surface area contributed by atoms with Crippen LogP contribution in [0, 0.1) is 0 Å². The van der Waals surface area contributed by atoms with E-state index >= 15 is 0 Å². The van der Waals surface area contributed by atoms with Gasteiger partial charge >= 0.3 is 0 Å². The number of hydrogen-bond acceptors (Lipinski definition) is 5. The Balaban J connectivity index is 1.47. The van der Waals surface area contributed by atoms with E-state index in [9.17, 15) is 22.8 Å². The van der Waals surface area contributed by atoms with Crippen molar-refractivity contribution in [1.29, 1.82) is 0 Å². The van der Waals surface area contributed by atoms with Gasteiger partial charge in [0.05, 0.1) is 23.0 Å². The first kappa shape index (κ1) is 21.6. The first-order valence-electron chi connectivity index (χ1n) is 10.0. The lowest BCUT2D eigenvalue weighted by Crippen LogP contribution is -2.52. The van der Waals surface area contributed by atoms with E-state index in [1.54, 1.807) is 47.4 Å². The highest BCUT2D eigenvalue weighted by molar-refractivity contribution is 7.92. The number of fused-ring (bicyclic) bond motifs is 1. The Labute approximate surface area is 185 Å². The average molecular weight is 455 g/mol. The Kier molecular flexibility index (Phi) is 5.70. The number of benzene rings is 2. The molecule has 10 heteroatoms. The molecule has 32 heavy (non-hydrogen) atoms. The fraction of sp³-hybridized carbons (Fsp3) is 0.227. The number of piperazine rings is 1. The molecule has 0 atom stereocenters. The maximum absolute atomic E-state index is 12.9. The van der Waals surface area contributed by atoms with Crippen molar-refractivity contribution in [3.63, 3.8) is 0 Å². The van der Waals surface area contributed by atoms with Crippen LogP contribution in [-0.2, 0) is 14.8 Å². The number of nitrogens with zero attached hydrogens (tertiary/aromatic N) is 2. The highest BCUT2D eigenvalue weighted by Gasteiger charge is 2.30. The highest BCUT2D eigenvalue weighted by atomic mass is 32.2. The fourth-order valence-electron chi connectivity index (χ4n) is 3.76. The van der Waals surface area contributed by atoms with E-state index in [1.807, 2.05) is 6.07 Å². The Bertz CT molecular complexity index is 1290. The summed E-state index contributed by atoms with van der Waals surface area (Å²) in [4.78, 5) is 44.3. The van der Waals surface area contributed by atoms with Crippen LogP contribution in [0.5, 0.6) is 0 Å². The topological polar surface area (TPSA) is 120 Å². The van der Waals surface area contributed by atoms with E-state index in [1.165, 1.54) is 11.1 Å². The van der Waals surface area contributed by atoms with Crippen LogP contribution in [0.1, 0.15) is 20.7 Å². The summed E-state index contributed by atoms with van der Waals surface area (Å²) in [6.45, 7) is 1.19. The molecule has 3 aromatic rings. The van der Waals surface area contributed by atoms with Crippen molar-refractivity contribution >= 4 is 44.2 Å². The van der Waals surface area contributed by atoms with Crippen LogP contribution < -0.4 is 4.72 Å². The molecule has 2 N–H and O–H groups in total. The molecule has 0 spiro atoms. The van der Waals surface area contributed by atoms with Crippen molar-refractivity contribution < 1.29 is 22.8 Å². The standard InChI is InChI=1S/C22H22N4O5S/c1-32(30,31)24-18-9-5-8-16-17(14-23-19(16)18)20(27)22(29)26-12-10-25(11-13-26)21(28)15-6-3-2-4-7-15/h2-9,14,23-24H,10-13H2,1H3. The molecule has 0 saturated carbocycles. The second-order valence-corrected chi connectivity index (χ2v) is 9.33.